The van der Waals surface area contributed by atoms with Crippen LogP contribution in [-0.4, -0.2) is 48.4 Å². The quantitative estimate of drug-likeness (QED) is 0.880. The van der Waals surface area contributed by atoms with Gasteiger partial charge in [0.2, 0.25) is 0 Å². The SMILES string of the molecule is COc1cccc(CN2C[C@@H](Cc3ccncc3)[C@@H](O)C2)c1OC. The molecule has 0 unspecified atom stereocenters. The lowest BCUT2D eigenvalue weighted by Crippen LogP contribution is -2.21. The molecule has 0 aliphatic carbocycles. The van der Waals surface area contributed by atoms with Gasteiger partial charge in [0, 0.05) is 43.5 Å². The standard InChI is InChI=1S/C19H24N2O3/c1-23-18-5-3-4-15(19(18)24-2)11-21-12-16(17(22)13-21)10-14-6-8-20-9-7-14/h3-9,16-17,22H,10-13H2,1-2H3/t16-,17+/m1/s1. The molecule has 2 aromatic rings. The van der Waals surface area contributed by atoms with Crippen LogP contribution < -0.4 is 9.47 Å². The van der Waals surface area contributed by atoms with E-state index in [0.29, 0.717) is 6.54 Å². The number of aliphatic hydroxyl groups is 1. The zero-order chi connectivity index (χ0) is 16.9. The molecule has 1 aliphatic rings. The fourth-order valence-corrected chi connectivity index (χ4v) is 3.41. The largest absolute Gasteiger partial charge is 0.493 e. The number of β-amino-alcohol motifs (C(OH)–C–C–N with tert-alkyl or cyclic N) is 1. The average molecular weight is 328 g/mol. The van der Waals surface area contributed by atoms with E-state index in [2.05, 4.69) is 9.88 Å². The topological polar surface area (TPSA) is 54.8 Å². The Hall–Kier alpha value is -2.11. The Morgan fingerprint density at radius 1 is 1.12 bits per heavy atom. The van der Waals surface area contributed by atoms with Crippen molar-refractivity contribution >= 4 is 0 Å². The van der Waals surface area contributed by atoms with Crippen LogP contribution in [0.5, 0.6) is 11.5 Å². The van der Waals surface area contributed by atoms with Gasteiger partial charge in [-0.05, 0) is 30.2 Å². The minimum Gasteiger partial charge on any atom is -0.493 e. The first-order chi connectivity index (χ1) is 11.7. The van der Waals surface area contributed by atoms with E-state index in [1.165, 1.54) is 5.56 Å². The van der Waals surface area contributed by atoms with Crippen molar-refractivity contribution in [3.05, 3.63) is 53.9 Å². The summed E-state index contributed by atoms with van der Waals surface area (Å²) in [6, 6.07) is 9.94. The van der Waals surface area contributed by atoms with Crippen LogP contribution in [0.1, 0.15) is 11.1 Å². The van der Waals surface area contributed by atoms with Gasteiger partial charge in [0.1, 0.15) is 0 Å². The molecule has 0 bridgehead atoms. The summed E-state index contributed by atoms with van der Waals surface area (Å²) in [7, 11) is 3.30. The zero-order valence-corrected chi connectivity index (χ0v) is 14.2. The van der Waals surface area contributed by atoms with Gasteiger partial charge in [0.15, 0.2) is 11.5 Å². The second-order valence-corrected chi connectivity index (χ2v) is 6.23. The molecule has 2 heterocycles. The second kappa shape index (κ2) is 7.64. The number of methoxy groups -OCH3 is 2. The summed E-state index contributed by atoms with van der Waals surface area (Å²) in [5, 5.41) is 10.4. The molecule has 0 saturated carbocycles. The van der Waals surface area contributed by atoms with E-state index in [9.17, 15) is 5.11 Å². The molecule has 3 rings (SSSR count). The third kappa shape index (κ3) is 3.68. The Bertz CT molecular complexity index is 663. The van der Waals surface area contributed by atoms with Crippen LogP contribution in [0.2, 0.25) is 0 Å². The van der Waals surface area contributed by atoms with Crippen molar-refractivity contribution in [2.45, 2.75) is 19.1 Å². The maximum absolute atomic E-state index is 10.4. The Morgan fingerprint density at radius 3 is 2.62 bits per heavy atom. The number of likely N-dealkylation sites (tertiary alicyclic amines) is 1. The monoisotopic (exact) mass is 328 g/mol. The highest BCUT2D eigenvalue weighted by Gasteiger charge is 2.31. The number of para-hydroxylation sites is 1. The van der Waals surface area contributed by atoms with Gasteiger partial charge in [0.25, 0.3) is 0 Å². The highest BCUT2D eigenvalue weighted by atomic mass is 16.5. The molecule has 1 aromatic heterocycles. The van der Waals surface area contributed by atoms with E-state index < -0.39 is 0 Å². The minimum absolute atomic E-state index is 0.240. The predicted molar refractivity (Wildman–Crippen MR) is 92.3 cm³/mol. The number of nitrogens with zero attached hydrogens (tertiary/aromatic N) is 2. The van der Waals surface area contributed by atoms with Gasteiger partial charge < -0.3 is 14.6 Å². The maximum Gasteiger partial charge on any atom is 0.165 e. The molecule has 1 fully saturated rings. The fourth-order valence-electron chi connectivity index (χ4n) is 3.41. The maximum atomic E-state index is 10.4. The van der Waals surface area contributed by atoms with Crippen LogP contribution in [0.4, 0.5) is 0 Å². The smallest absolute Gasteiger partial charge is 0.165 e. The number of pyridine rings is 1. The molecule has 0 radical (unpaired) electrons. The van der Waals surface area contributed by atoms with E-state index in [4.69, 9.17) is 9.47 Å². The third-order valence-corrected chi connectivity index (χ3v) is 4.61. The van der Waals surface area contributed by atoms with Gasteiger partial charge in [-0.1, -0.05) is 12.1 Å². The highest BCUT2D eigenvalue weighted by molar-refractivity contribution is 5.46. The molecule has 5 nitrogen and oxygen atoms in total. The lowest BCUT2D eigenvalue weighted by Gasteiger charge is -2.19. The predicted octanol–water partition coefficient (Wildman–Crippen LogP) is 2.13. The van der Waals surface area contributed by atoms with Crippen molar-refractivity contribution in [2.75, 3.05) is 27.3 Å². The van der Waals surface area contributed by atoms with E-state index >= 15 is 0 Å². The average Bonchev–Trinajstić information content (AvgIpc) is 2.94. The van der Waals surface area contributed by atoms with E-state index in [0.717, 1.165) is 36.6 Å². The molecule has 5 heteroatoms. The van der Waals surface area contributed by atoms with Crippen molar-refractivity contribution in [1.29, 1.82) is 0 Å². The second-order valence-electron chi connectivity index (χ2n) is 6.23. The molecule has 2 atom stereocenters. The van der Waals surface area contributed by atoms with Crippen molar-refractivity contribution < 1.29 is 14.6 Å². The number of benzene rings is 1. The summed E-state index contributed by atoms with van der Waals surface area (Å²) in [4.78, 5) is 6.32. The number of aromatic nitrogens is 1. The number of aliphatic hydroxyl groups excluding tert-OH is 1. The zero-order valence-electron chi connectivity index (χ0n) is 14.2. The van der Waals surface area contributed by atoms with Crippen molar-refractivity contribution in [2.24, 2.45) is 5.92 Å². The molecule has 1 aliphatic heterocycles. The first-order valence-corrected chi connectivity index (χ1v) is 8.20. The molecular weight excluding hydrogens is 304 g/mol. The molecule has 24 heavy (non-hydrogen) atoms. The van der Waals surface area contributed by atoms with Gasteiger partial charge >= 0.3 is 0 Å². The van der Waals surface area contributed by atoms with Crippen LogP contribution in [0.3, 0.4) is 0 Å². The Labute approximate surface area is 142 Å². The van der Waals surface area contributed by atoms with Gasteiger partial charge in [0.05, 0.1) is 20.3 Å². The summed E-state index contributed by atoms with van der Waals surface area (Å²) in [6.07, 6.45) is 4.16. The van der Waals surface area contributed by atoms with E-state index in [1.54, 1.807) is 26.6 Å². The van der Waals surface area contributed by atoms with E-state index in [-0.39, 0.29) is 12.0 Å². The summed E-state index contributed by atoms with van der Waals surface area (Å²) in [5.41, 5.74) is 2.29. The summed E-state index contributed by atoms with van der Waals surface area (Å²) in [5.74, 6) is 1.75. The van der Waals surface area contributed by atoms with Gasteiger partial charge in [-0.3, -0.25) is 9.88 Å². The third-order valence-electron chi connectivity index (χ3n) is 4.61. The number of rotatable bonds is 6. The van der Waals surface area contributed by atoms with E-state index in [1.807, 2.05) is 30.3 Å². The van der Waals surface area contributed by atoms with Gasteiger partial charge in [-0.25, -0.2) is 0 Å². The van der Waals surface area contributed by atoms with Crippen LogP contribution in [0.15, 0.2) is 42.7 Å². The normalized spacial score (nSPS) is 21.0. The number of ether oxygens (including phenoxy) is 2. The van der Waals surface area contributed by atoms with Gasteiger partial charge in [-0.2, -0.15) is 0 Å². The Balaban J connectivity index is 1.67. The van der Waals surface area contributed by atoms with Crippen LogP contribution in [0, 0.1) is 5.92 Å². The van der Waals surface area contributed by atoms with Crippen LogP contribution >= 0.6 is 0 Å². The van der Waals surface area contributed by atoms with Crippen LogP contribution in [-0.2, 0) is 13.0 Å². The van der Waals surface area contributed by atoms with Crippen molar-refractivity contribution in [1.82, 2.24) is 9.88 Å². The molecule has 1 aromatic carbocycles. The Kier molecular flexibility index (Phi) is 5.33. The lowest BCUT2D eigenvalue weighted by atomic mass is 9.97. The summed E-state index contributed by atoms with van der Waals surface area (Å²) >= 11 is 0. The lowest BCUT2D eigenvalue weighted by molar-refractivity contribution is 0.141. The molecule has 0 spiro atoms. The summed E-state index contributed by atoms with van der Waals surface area (Å²) < 4.78 is 10.9. The molecule has 1 N–H and O–H groups in total. The van der Waals surface area contributed by atoms with Crippen molar-refractivity contribution in [3.8, 4) is 11.5 Å². The first-order valence-electron chi connectivity index (χ1n) is 8.20. The Morgan fingerprint density at radius 2 is 1.92 bits per heavy atom. The van der Waals surface area contributed by atoms with Gasteiger partial charge in [-0.15, -0.1) is 0 Å². The summed E-state index contributed by atoms with van der Waals surface area (Å²) in [6.45, 7) is 2.28. The highest BCUT2D eigenvalue weighted by Crippen LogP contribution is 2.33. The van der Waals surface area contributed by atoms with Crippen molar-refractivity contribution in [3.63, 3.8) is 0 Å². The first kappa shape index (κ1) is 16.7. The number of hydrogen-bond donors (Lipinski definition) is 1. The van der Waals surface area contributed by atoms with Crippen LogP contribution in [0.25, 0.3) is 0 Å². The molecule has 1 saturated heterocycles. The minimum atomic E-state index is -0.310. The molecule has 0 amide bonds. The molecule has 128 valence electrons. The number of hydrogen-bond acceptors (Lipinski definition) is 5. The fraction of sp³-hybridized carbons (Fsp3) is 0.421. The molecular formula is C19H24N2O3.